The molecule has 0 bridgehead atoms. The van der Waals surface area contributed by atoms with E-state index in [4.69, 9.17) is 9.84 Å². The summed E-state index contributed by atoms with van der Waals surface area (Å²) >= 11 is 0. The molecule has 1 aromatic rings. The topological polar surface area (TPSA) is 78.9 Å². The molecule has 0 radical (unpaired) electrons. The van der Waals surface area contributed by atoms with Crippen LogP contribution in [0.1, 0.15) is 31.2 Å². The number of carboxylic acids is 1. The second-order valence-corrected chi connectivity index (χ2v) is 6.30. The number of urea groups is 1. The van der Waals surface area contributed by atoms with E-state index < -0.39 is 5.97 Å². The highest BCUT2D eigenvalue weighted by atomic mass is 16.5. The lowest BCUT2D eigenvalue weighted by molar-refractivity contribution is -0.142. The standard InChI is InChI=1S/C18H26N2O4/c1-20(11-12-24-13-14-5-3-2-4-6-14)18(23)19-16-9-7-15(8-10-16)17(21)22/h2-6,15-16H,7-13H2,1H3,(H,19,23)(H,21,22). The highest BCUT2D eigenvalue weighted by Gasteiger charge is 2.27. The molecule has 0 heterocycles. The second kappa shape index (κ2) is 9.27. The van der Waals surface area contributed by atoms with Crippen molar-refractivity contribution in [2.24, 2.45) is 5.92 Å². The molecule has 0 unspecified atom stereocenters. The largest absolute Gasteiger partial charge is 0.481 e. The van der Waals surface area contributed by atoms with E-state index in [9.17, 15) is 9.59 Å². The van der Waals surface area contributed by atoms with Crippen molar-refractivity contribution in [3.8, 4) is 0 Å². The molecular formula is C18H26N2O4. The lowest BCUT2D eigenvalue weighted by Crippen LogP contribution is -2.45. The Morgan fingerprint density at radius 1 is 1.21 bits per heavy atom. The van der Waals surface area contributed by atoms with Crippen molar-refractivity contribution >= 4 is 12.0 Å². The van der Waals surface area contributed by atoms with Crippen molar-refractivity contribution in [3.63, 3.8) is 0 Å². The monoisotopic (exact) mass is 334 g/mol. The Kier molecular flexibility index (Phi) is 7.06. The zero-order chi connectivity index (χ0) is 17.4. The number of carbonyl (C=O) groups excluding carboxylic acids is 1. The summed E-state index contributed by atoms with van der Waals surface area (Å²) in [5.74, 6) is -0.991. The molecule has 1 aromatic carbocycles. The van der Waals surface area contributed by atoms with Crippen LogP contribution in [0.25, 0.3) is 0 Å². The molecule has 1 fully saturated rings. The van der Waals surface area contributed by atoms with E-state index in [1.807, 2.05) is 30.3 Å². The minimum absolute atomic E-state index is 0.0702. The maximum absolute atomic E-state index is 12.1. The molecule has 1 aliphatic rings. The fourth-order valence-electron chi connectivity index (χ4n) is 2.84. The summed E-state index contributed by atoms with van der Waals surface area (Å²) in [6.45, 7) is 1.53. The molecule has 1 aliphatic carbocycles. The second-order valence-electron chi connectivity index (χ2n) is 6.30. The average Bonchev–Trinajstić information content (AvgIpc) is 2.60. The number of carbonyl (C=O) groups is 2. The quantitative estimate of drug-likeness (QED) is 0.751. The van der Waals surface area contributed by atoms with E-state index in [0.717, 1.165) is 18.4 Å². The van der Waals surface area contributed by atoms with Crippen LogP contribution in [0.2, 0.25) is 0 Å². The number of hydrogen-bond acceptors (Lipinski definition) is 3. The Hall–Kier alpha value is -2.08. The lowest BCUT2D eigenvalue weighted by Gasteiger charge is -2.28. The summed E-state index contributed by atoms with van der Waals surface area (Å²) in [5.41, 5.74) is 1.11. The first-order chi connectivity index (χ1) is 11.6. The van der Waals surface area contributed by atoms with Gasteiger partial charge in [0.15, 0.2) is 0 Å². The maximum Gasteiger partial charge on any atom is 0.317 e. The van der Waals surface area contributed by atoms with Crippen molar-refractivity contribution in [1.29, 1.82) is 0 Å². The fraction of sp³-hybridized carbons (Fsp3) is 0.556. The van der Waals surface area contributed by atoms with E-state index in [0.29, 0.717) is 32.6 Å². The lowest BCUT2D eigenvalue weighted by atomic mass is 9.86. The Bertz CT molecular complexity index is 527. The molecule has 2 amide bonds. The van der Waals surface area contributed by atoms with Gasteiger partial charge < -0.3 is 20.1 Å². The summed E-state index contributed by atoms with van der Waals surface area (Å²) in [7, 11) is 1.74. The third-order valence-corrected chi connectivity index (χ3v) is 4.43. The third-order valence-electron chi connectivity index (χ3n) is 4.43. The number of hydrogen-bond donors (Lipinski definition) is 2. The Morgan fingerprint density at radius 2 is 1.88 bits per heavy atom. The number of ether oxygens (including phenoxy) is 1. The predicted molar refractivity (Wildman–Crippen MR) is 90.6 cm³/mol. The van der Waals surface area contributed by atoms with Gasteiger partial charge in [-0.15, -0.1) is 0 Å². The van der Waals surface area contributed by atoms with Crippen LogP contribution in [-0.4, -0.2) is 48.2 Å². The van der Waals surface area contributed by atoms with Crippen molar-refractivity contribution in [2.75, 3.05) is 20.2 Å². The number of amides is 2. The zero-order valence-electron chi connectivity index (χ0n) is 14.1. The van der Waals surface area contributed by atoms with E-state index in [1.165, 1.54) is 0 Å². The molecule has 2 rings (SSSR count). The molecule has 1 saturated carbocycles. The molecular weight excluding hydrogens is 308 g/mol. The minimum atomic E-state index is -0.729. The molecule has 24 heavy (non-hydrogen) atoms. The van der Waals surface area contributed by atoms with Crippen LogP contribution in [0, 0.1) is 5.92 Å². The van der Waals surface area contributed by atoms with E-state index in [2.05, 4.69) is 5.32 Å². The molecule has 0 saturated heterocycles. The zero-order valence-corrected chi connectivity index (χ0v) is 14.1. The average molecular weight is 334 g/mol. The maximum atomic E-state index is 12.1. The van der Waals surface area contributed by atoms with Gasteiger partial charge in [-0.1, -0.05) is 30.3 Å². The van der Waals surface area contributed by atoms with Gasteiger partial charge in [0.1, 0.15) is 0 Å². The molecule has 2 N–H and O–H groups in total. The van der Waals surface area contributed by atoms with Gasteiger partial charge in [-0.25, -0.2) is 4.79 Å². The molecule has 0 spiro atoms. The van der Waals surface area contributed by atoms with Crippen LogP contribution in [0.5, 0.6) is 0 Å². The van der Waals surface area contributed by atoms with Gasteiger partial charge in [0.2, 0.25) is 0 Å². The van der Waals surface area contributed by atoms with Gasteiger partial charge in [-0.3, -0.25) is 4.79 Å². The van der Waals surface area contributed by atoms with Crippen LogP contribution in [-0.2, 0) is 16.1 Å². The van der Waals surface area contributed by atoms with E-state index in [-0.39, 0.29) is 18.0 Å². The normalized spacial score (nSPS) is 20.4. The van der Waals surface area contributed by atoms with Crippen molar-refractivity contribution < 1.29 is 19.4 Å². The van der Waals surface area contributed by atoms with Crippen molar-refractivity contribution in [2.45, 2.75) is 38.3 Å². The predicted octanol–water partition coefficient (Wildman–Crippen LogP) is 2.49. The number of nitrogens with one attached hydrogen (secondary N) is 1. The number of nitrogens with zero attached hydrogens (tertiary/aromatic N) is 1. The first-order valence-electron chi connectivity index (χ1n) is 8.42. The highest BCUT2D eigenvalue weighted by molar-refractivity contribution is 5.74. The molecule has 0 aliphatic heterocycles. The summed E-state index contributed by atoms with van der Waals surface area (Å²) in [5, 5.41) is 12.0. The minimum Gasteiger partial charge on any atom is -0.481 e. The summed E-state index contributed by atoms with van der Waals surface area (Å²) < 4.78 is 5.58. The molecule has 0 aromatic heterocycles. The number of likely N-dealkylation sites (N-methyl/N-ethyl adjacent to an activating group) is 1. The molecule has 6 nitrogen and oxygen atoms in total. The van der Waals surface area contributed by atoms with Crippen molar-refractivity contribution in [1.82, 2.24) is 10.2 Å². The molecule has 132 valence electrons. The van der Waals surface area contributed by atoms with Crippen LogP contribution < -0.4 is 5.32 Å². The Morgan fingerprint density at radius 3 is 2.50 bits per heavy atom. The summed E-state index contributed by atoms with van der Waals surface area (Å²) in [6, 6.07) is 9.85. The van der Waals surface area contributed by atoms with Gasteiger partial charge in [0, 0.05) is 19.6 Å². The Labute approximate surface area is 142 Å². The van der Waals surface area contributed by atoms with Crippen LogP contribution in [0.4, 0.5) is 4.79 Å². The fourth-order valence-corrected chi connectivity index (χ4v) is 2.84. The number of aliphatic carboxylic acids is 1. The van der Waals surface area contributed by atoms with Crippen LogP contribution in [0.15, 0.2) is 30.3 Å². The Balaban J connectivity index is 1.61. The van der Waals surface area contributed by atoms with Crippen LogP contribution in [0.3, 0.4) is 0 Å². The first-order valence-corrected chi connectivity index (χ1v) is 8.42. The number of benzene rings is 1. The van der Waals surface area contributed by atoms with Crippen LogP contribution >= 0.6 is 0 Å². The smallest absolute Gasteiger partial charge is 0.317 e. The summed E-state index contributed by atoms with van der Waals surface area (Å²) in [4.78, 5) is 24.7. The van der Waals surface area contributed by atoms with Gasteiger partial charge >= 0.3 is 12.0 Å². The third kappa shape index (κ3) is 5.85. The van der Waals surface area contributed by atoms with E-state index >= 15 is 0 Å². The van der Waals surface area contributed by atoms with Gasteiger partial charge in [-0.2, -0.15) is 0 Å². The van der Waals surface area contributed by atoms with Gasteiger partial charge in [0.25, 0.3) is 0 Å². The van der Waals surface area contributed by atoms with Gasteiger partial charge in [0.05, 0.1) is 19.1 Å². The number of carboxylic acid groups (broad SMARTS) is 1. The SMILES string of the molecule is CN(CCOCc1ccccc1)C(=O)NC1CCC(C(=O)O)CC1. The molecule has 6 heteroatoms. The van der Waals surface area contributed by atoms with Crippen molar-refractivity contribution in [3.05, 3.63) is 35.9 Å². The summed E-state index contributed by atoms with van der Waals surface area (Å²) in [6.07, 6.45) is 2.70. The van der Waals surface area contributed by atoms with Gasteiger partial charge in [-0.05, 0) is 31.2 Å². The first kappa shape index (κ1) is 18.3. The molecule has 0 atom stereocenters. The number of rotatable bonds is 7. The van der Waals surface area contributed by atoms with E-state index in [1.54, 1.807) is 11.9 Å². The highest BCUT2D eigenvalue weighted by Crippen LogP contribution is 2.24.